The number of ether oxygens (including phenoxy) is 1. The second kappa shape index (κ2) is 5.28. The lowest BCUT2D eigenvalue weighted by atomic mass is 10.2. The van der Waals surface area contributed by atoms with Gasteiger partial charge in [0.25, 0.3) is 0 Å². The van der Waals surface area contributed by atoms with Gasteiger partial charge in [-0.25, -0.2) is 4.79 Å². The Balaban J connectivity index is 3.04. The van der Waals surface area contributed by atoms with Gasteiger partial charge in [-0.1, -0.05) is 17.5 Å². The number of methoxy groups -OCH3 is 1. The van der Waals surface area contributed by atoms with Crippen molar-refractivity contribution < 1.29 is 9.53 Å². The molecule has 1 rings (SSSR count). The summed E-state index contributed by atoms with van der Waals surface area (Å²) in [5.41, 5.74) is 0.990. The standard InChI is InChI=1S/C11H10ClNO2/c1-3-6-13-10-5-4-8(12)7-9(10)11(14)15-2/h1,4-5,7,13H,6H2,2H3. The number of terminal acetylenes is 1. The second-order valence-electron chi connectivity index (χ2n) is 2.74. The molecule has 0 aliphatic heterocycles. The molecule has 0 spiro atoms. The number of rotatable bonds is 3. The number of nitrogens with one attached hydrogen (secondary N) is 1. The Labute approximate surface area is 93.4 Å². The van der Waals surface area contributed by atoms with Gasteiger partial charge in [0.05, 0.1) is 19.2 Å². The van der Waals surface area contributed by atoms with Crippen LogP contribution in [0, 0.1) is 12.3 Å². The first-order chi connectivity index (χ1) is 7.19. The number of benzene rings is 1. The van der Waals surface area contributed by atoms with Gasteiger partial charge in [-0.15, -0.1) is 6.42 Å². The highest BCUT2D eigenvalue weighted by molar-refractivity contribution is 6.31. The minimum absolute atomic E-state index is 0.339. The van der Waals surface area contributed by atoms with E-state index < -0.39 is 5.97 Å². The van der Waals surface area contributed by atoms with Gasteiger partial charge in [0.2, 0.25) is 0 Å². The van der Waals surface area contributed by atoms with E-state index in [9.17, 15) is 4.79 Å². The summed E-state index contributed by atoms with van der Waals surface area (Å²) >= 11 is 5.78. The molecule has 1 N–H and O–H groups in total. The number of esters is 1. The van der Waals surface area contributed by atoms with E-state index >= 15 is 0 Å². The van der Waals surface area contributed by atoms with Gasteiger partial charge in [0, 0.05) is 10.7 Å². The molecule has 1 aromatic rings. The van der Waals surface area contributed by atoms with E-state index in [1.54, 1.807) is 12.1 Å². The minimum atomic E-state index is -0.447. The molecule has 0 fully saturated rings. The lowest BCUT2D eigenvalue weighted by Crippen LogP contribution is -2.08. The molecule has 0 atom stereocenters. The molecule has 3 nitrogen and oxygen atoms in total. The first-order valence-electron chi connectivity index (χ1n) is 4.24. The van der Waals surface area contributed by atoms with Crippen molar-refractivity contribution in [2.45, 2.75) is 0 Å². The van der Waals surface area contributed by atoms with Gasteiger partial charge in [-0.05, 0) is 18.2 Å². The van der Waals surface area contributed by atoms with Crippen molar-refractivity contribution in [2.75, 3.05) is 19.0 Å². The highest BCUT2D eigenvalue weighted by Gasteiger charge is 2.11. The molecular formula is C11H10ClNO2. The third-order valence-electron chi connectivity index (χ3n) is 1.77. The minimum Gasteiger partial charge on any atom is -0.465 e. The molecule has 1 aromatic carbocycles. The highest BCUT2D eigenvalue weighted by Crippen LogP contribution is 2.21. The highest BCUT2D eigenvalue weighted by atomic mass is 35.5. The lowest BCUT2D eigenvalue weighted by molar-refractivity contribution is 0.0602. The summed E-state index contributed by atoms with van der Waals surface area (Å²) in [7, 11) is 1.31. The number of carbonyl (C=O) groups excluding carboxylic acids is 1. The largest absolute Gasteiger partial charge is 0.465 e. The fourth-order valence-electron chi connectivity index (χ4n) is 1.10. The Hall–Kier alpha value is -1.66. The first-order valence-corrected chi connectivity index (χ1v) is 4.62. The first kappa shape index (κ1) is 11.4. The number of hydrogen-bond acceptors (Lipinski definition) is 3. The fraction of sp³-hybridized carbons (Fsp3) is 0.182. The summed E-state index contributed by atoms with van der Waals surface area (Å²) in [5.74, 6) is 1.97. The van der Waals surface area contributed by atoms with Gasteiger partial charge in [-0.3, -0.25) is 0 Å². The molecule has 0 aliphatic rings. The molecule has 0 amide bonds. The maximum absolute atomic E-state index is 11.4. The second-order valence-corrected chi connectivity index (χ2v) is 3.18. The monoisotopic (exact) mass is 223 g/mol. The van der Waals surface area contributed by atoms with Crippen LogP contribution in [-0.2, 0) is 4.74 Å². The van der Waals surface area contributed by atoms with E-state index in [4.69, 9.17) is 18.0 Å². The van der Waals surface area contributed by atoms with Gasteiger partial charge in [0.1, 0.15) is 0 Å². The third-order valence-corrected chi connectivity index (χ3v) is 2.00. The van der Waals surface area contributed by atoms with Gasteiger partial charge >= 0.3 is 5.97 Å². The summed E-state index contributed by atoms with van der Waals surface area (Å²) in [6.45, 7) is 0.339. The third kappa shape index (κ3) is 2.90. The predicted octanol–water partition coefficient (Wildman–Crippen LogP) is 2.17. The Morgan fingerprint density at radius 3 is 3.00 bits per heavy atom. The van der Waals surface area contributed by atoms with E-state index in [0.717, 1.165) is 0 Å². The fourth-order valence-corrected chi connectivity index (χ4v) is 1.27. The zero-order valence-electron chi connectivity index (χ0n) is 8.21. The van der Waals surface area contributed by atoms with Crippen LogP contribution in [-0.4, -0.2) is 19.6 Å². The number of hydrogen-bond donors (Lipinski definition) is 1. The quantitative estimate of drug-likeness (QED) is 0.631. The van der Waals surface area contributed by atoms with E-state index in [2.05, 4.69) is 16.0 Å². The van der Waals surface area contributed by atoms with Crippen LogP contribution >= 0.6 is 11.6 Å². The SMILES string of the molecule is C#CCNc1ccc(Cl)cc1C(=O)OC. The number of anilines is 1. The van der Waals surface area contributed by atoms with Crippen LogP contribution in [0.4, 0.5) is 5.69 Å². The molecule has 78 valence electrons. The summed E-state index contributed by atoms with van der Waals surface area (Å²) in [6.07, 6.45) is 5.11. The molecule has 0 aromatic heterocycles. The molecule has 0 heterocycles. The van der Waals surface area contributed by atoms with E-state index in [1.807, 2.05) is 0 Å². The van der Waals surface area contributed by atoms with Crippen molar-refractivity contribution in [1.29, 1.82) is 0 Å². The van der Waals surface area contributed by atoms with E-state index in [1.165, 1.54) is 13.2 Å². The van der Waals surface area contributed by atoms with Crippen molar-refractivity contribution in [2.24, 2.45) is 0 Å². The van der Waals surface area contributed by atoms with Gasteiger partial charge in [-0.2, -0.15) is 0 Å². The smallest absolute Gasteiger partial charge is 0.340 e. The van der Waals surface area contributed by atoms with Crippen molar-refractivity contribution in [3.05, 3.63) is 28.8 Å². The Kier molecular flexibility index (Phi) is 4.02. The van der Waals surface area contributed by atoms with Gasteiger partial charge < -0.3 is 10.1 Å². The van der Waals surface area contributed by atoms with Crippen LogP contribution < -0.4 is 5.32 Å². The maximum Gasteiger partial charge on any atom is 0.340 e. The Morgan fingerprint density at radius 1 is 1.67 bits per heavy atom. The summed E-state index contributed by atoms with van der Waals surface area (Å²) in [5, 5.41) is 3.38. The van der Waals surface area contributed by atoms with Crippen LogP contribution in [0.3, 0.4) is 0 Å². The number of halogens is 1. The molecule has 0 bridgehead atoms. The van der Waals surface area contributed by atoms with Crippen molar-refractivity contribution >= 4 is 23.3 Å². The molecule has 4 heteroatoms. The zero-order valence-corrected chi connectivity index (χ0v) is 8.97. The van der Waals surface area contributed by atoms with Crippen LogP contribution in [0.1, 0.15) is 10.4 Å². The predicted molar refractivity (Wildman–Crippen MR) is 60.1 cm³/mol. The van der Waals surface area contributed by atoms with Crippen molar-refractivity contribution in [1.82, 2.24) is 0 Å². The average Bonchev–Trinajstić information content (AvgIpc) is 2.26. The zero-order chi connectivity index (χ0) is 11.3. The molecule has 0 radical (unpaired) electrons. The molecule has 15 heavy (non-hydrogen) atoms. The average molecular weight is 224 g/mol. The lowest BCUT2D eigenvalue weighted by Gasteiger charge is -2.08. The summed E-state index contributed by atoms with van der Waals surface area (Å²) in [4.78, 5) is 11.4. The van der Waals surface area contributed by atoms with Crippen LogP contribution in [0.2, 0.25) is 5.02 Å². The Morgan fingerprint density at radius 2 is 2.40 bits per heavy atom. The van der Waals surface area contributed by atoms with Crippen molar-refractivity contribution in [3.63, 3.8) is 0 Å². The molecular weight excluding hydrogens is 214 g/mol. The topological polar surface area (TPSA) is 38.3 Å². The molecule has 0 unspecified atom stereocenters. The summed E-state index contributed by atoms with van der Waals surface area (Å²) < 4.78 is 4.62. The maximum atomic E-state index is 11.4. The van der Waals surface area contributed by atoms with E-state index in [-0.39, 0.29) is 0 Å². The van der Waals surface area contributed by atoms with Crippen LogP contribution in [0.5, 0.6) is 0 Å². The van der Waals surface area contributed by atoms with Crippen molar-refractivity contribution in [3.8, 4) is 12.3 Å². The number of carbonyl (C=O) groups is 1. The summed E-state index contributed by atoms with van der Waals surface area (Å²) in [6, 6.07) is 4.89. The molecule has 0 aliphatic carbocycles. The van der Waals surface area contributed by atoms with Crippen LogP contribution in [0.25, 0.3) is 0 Å². The molecule has 0 saturated carbocycles. The van der Waals surface area contributed by atoms with E-state index in [0.29, 0.717) is 22.8 Å². The van der Waals surface area contributed by atoms with Gasteiger partial charge in [0.15, 0.2) is 0 Å². The van der Waals surface area contributed by atoms with Crippen LogP contribution in [0.15, 0.2) is 18.2 Å². The Bertz CT molecular complexity index is 410. The normalized spacial score (nSPS) is 9.13. The molecule has 0 saturated heterocycles.